The molecule has 2 aromatic rings. The Labute approximate surface area is 124 Å². The highest BCUT2D eigenvalue weighted by Crippen LogP contribution is 2.31. The Bertz CT molecular complexity index is 623. The molecule has 1 N–H and O–H groups in total. The highest BCUT2D eigenvalue weighted by molar-refractivity contribution is 5.54. The molecule has 0 bridgehead atoms. The van der Waals surface area contributed by atoms with Crippen LogP contribution in [0.4, 0.5) is 19.1 Å². The van der Waals surface area contributed by atoms with E-state index in [1.54, 1.807) is 12.1 Å². The number of rotatable bonds is 4. The van der Waals surface area contributed by atoms with Crippen LogP contribution in [0, 0.1) is 0 Å². The van der Waals surface area contributed by atoms with Gasteiger partial charge in [-0.1, -0.05) is 0 Å². The number of hydrogen-bond acceptors (Lipinski definition) is 5. The number of aromatic nitrogens is 2. The van der Waals surface area contributed by atoms with Crippen molar-refractivity contribution in [2.75, 3.05) is 18.5 Å². The van der Waals surface area contributed by atoms with Gasteiger partial charge in [0.2, 0.25) is 5.95 Å². The van der Waals surface area contributed by atoms with Crippen LogP contribution < -0.4 is 5.32 Å². The molecule has 0 saturated carbocycles. The molecule has 0 aliphatic carbocycles. The quantitative estimate of drug-likeness (QED) is 0.938. The minimum absolute atomic E-state index is 0.0230. The first-order chi connectivity index (χ1) is 10.5. The highest BCUT2D eigenvalue weighted by Gasteiger charge is 2.34. The molecule has 1 aliphatic heterocycles. The summed E-state index contributed by atoms with van der Waals surface area (Å²) in [6.07, 6.45) is -1.37. The number of anilines is 1. The molecule has 2 aromatic heterocycles. The Hall–Kier alpha value is -2.09. The number of ether oxygens (including phenoxy) is 1. The van der Waals surface area contributed by atoms with E-state index in [9.17, 15) is 13.2 Å². The van der Waals surface area contributed by atoms with Gasteiger partial charge in [-0.15, -0.1) is 0 Å². The van der Waals surface area contributed by atoms with Gasteiger partial charge >= 0.3 is 6.18 Å². The summed E-state index contributed by atoms with van der Waals surface area (Å²) in [7, 11) is 0. The lowest BCUT2D eigenvalue weighted by molar-refractivity contribution is -0.141. The molecular weight excluding hydrogens is 299 g/mol. The van der Waals surface area contributed by atoms with E-state index in [2.05, 4.69) is 15.3 Å². The second-order valence-corrected chi connectivity index (χ2v) is 4.95. The monoisotopic (exact) mass is 313 g/mol. The van der Waals surface area contributed by atoms with Crippen molar-refractivity contribution in [1.29, 1.82) is 0 Å². The number of nitrogens with zero attached hydrogens (tertiary/aromatic N) is 2. The molecule has 22 heavy (non-hydrogen) atoms. The van der Waals surface area contributed by atoms with E-state index in [1.165, 1.54) is 6.26 Å². The molecule has 1 saturated heterocycles. The minimum atomic E-state index is -4.55. The molecule has 0 spiro atoms. The lowest BCUT2D eigenvalue weighted by Crippen LogP contribution is -2.21. The highest BCUT2D eigenvalue weighted by atomic mass is 19.4. The maximum absolute atomic E-state index is 13.0. The third-order valence-electron chi connectivity index (χ3n) is 3.30. The Morgan fingerprint density at radius 3 is 2.82 bits per heavy atom. The van der Waals surface area contributed by atoms with E-state index in [0.717, 1.165) is 18.9 Å². The van der Waals surface area contributed by atoms with E-state index in [1.807, 2.05) is 0 Å². The van der Waals surface area contributed by atoms with Crippen LogP contribution in [-0.2, 0) is 10.9 Å². The Morgan fingerprint density at radius 1 is 1.32 bits per heavy atom. The lowest BCUT2D eigenvalue weighted by Gasteiger charge is -2.13. The van der Waals surface area contributed by atoms with Crippen molar-refractivity contribution in [2.45, 2.75) is 25.1 Å². The second kappa shape index (κ2) is 5.96. The van der Waals surface area contributed by atoms with E-state index in [0.29, 0.717) is 13.2 Å². The Kier molecular flexibility index (Phi) is 4.02. The van der Waals surface area contributed by atoms with Crippen molar-refractivity contribution < 1.29 is 22.3 Å². The predicted molar refractivity (Wildman–Crippen MR) is 72.2 cm³/mol. The number of hydrogen-bond donors (Lipinski definition) is 1. The first-order valence-electron chi connectivity index (χ1n) is 6.88. The summed E-state index contributed by atoms with van der Waals surface area (Å²) in [5.74, 6) is 0.171. The van der Waals surface area contributed by atoms with Crippen LogP contribution in [-0.4, -0.2) is 29.2 Å². The molecule has 5 nitrogen and oxygen atoms in total. The summed E-state index contributed by atoms with van der Waals surface area (Å²) in [5.41, 5.74) is -0.925. The van der Waals surface area contributed by atoms with Crippen LogP contribution in [0.5, 0.6) is 0 Å². The standard InChI is InChI=1S/C14H14F3N3O2/c15-14(16,17)12-7-10(11-4-2-6-22-11)19-13(20-12)18-8-9-3-1-5-21-9/h2,4,6-7,9H,1,3,5,8H2,(H,18,19,20). The van der Waals surface area contributed by atoms with Gasteiger partial charge in [-0.25, -0.2) is 9.97 Å². The number of alkyl halides is 3. The molecule has 1 unspecified atom stereocenters. The fourth-order valence-corrected chi connectivity index (χ4v) is 2.23. The molecule has 3 heterocycles. The molecule has 118 valence electrons. The van der Waals surface area contributed by atoms with Gasteiger partial charge in [0, 0.05) is 13.2 Å². The summed E-state index contributed by atoms with van der Waals surface area (Å²) in [5, 5.41) is 2.81. The van der Waals surface area contributed by atoms with Gasteiger partial charge < -0.3 is 14.5 Å². The molecule has 0 amide bonds. The zero-order valence-corrected chi connectivity index (χ0v) is 11.6. The van der Waals surface area contributed by atoms with Crippen LogP contribution in [0.15, 0.2) is 28.9 Å². The van der Waals surface area contributed by atoms with Gasteiger partial charge in [-0.2, -0.15) is 13.2 Å². The third kappa shape index (κ3) is 3.38. The van der Waals surface area contributed by atoms with Gasteiger partial charge in [0.1, 0.15) is 5.69 Å². The second-order valence-electron chi connectivity index (χ2n) is 4.95. The molecule has 1 aliphatic rings. The first kappa shape index (κ1) is 14.8. The van der Waals surface area contributed by atoms with Gasteiger partial charge in [0.05, 0.1) is 12.4 Å². The summed E-state index contributed by atoms with van der Waals surface area (Å²) in [6.45, 7) is 1.05. The van der Waals surface area contributed by atoms with Crippen LogP contribution in [0.2, 0.25) is 0 Å². The van der Waals surface area contributed by atoms with Crippen LogP contribution in [0.3, 0.4) is 0 Å². The van der Waals surface area contributed by atoms with Crippen molar-refractivity contribution in [3.05, 3.63) is 30.2 Å². The van der Waals surface area contributed by atoms with E-state index < -0.39 is 11.9 Å². The normalized spacial score (nSPS) is 18.6. The molecule has 1 atom stereocenters. The van der Waals surface area contributed by atoms with E-state index >= 15 is 0 Å². The summed E-state index contributed by atoms with van der Waals surface area (Å²) in [6, 6.07) is 4.01. The van der Waals surface area contributed by atoms with Gasteiger partial charge in [-0.3, -0.25) is 0 Å². The first-order valence-corrected chi connectivity index (χ1v) is 6.88. The van der Waals surface area contributed by atoms with Crippen molar-refractivity contribution in [2.24, 2.45) is 0 Å². The third-order valence-corrected chi connectivity index (χ3v) is 3.30. The van der Waals surface area contributed by atoms with Gasteiger partial charge in [0.25, 0.3) is 0 Å². The van der Waals surface area contributed by atoms with Crippen molar-refractivity contribution in [3.8, 4) is 11.5 Å². The molecule has 0 aromatic carbocycles. The van der Waals surface area contributed by atoms with Crippen molar-refractivity contribution in [1.82, 2.24) is 9.97 Å². The SMILES string of the molecule is FC(F)(F)c1cc(-c2ccco2)nc(NCC2CCCO2)n1. The molecule has 1 fully saturated rings. The maximum Gasteiger partial charge on any atom is 0.433 e. The lowest BCUT2D eigenvalue weighted by atomic mass is 10.2. The number of nitrogens with one attached hydrogen (secondary N) is 1. The smallest absolute Gasteiger partial charge is 0.433 e. The average molecular weight is 313 g/mol. The summed E-state index contributed by atoms with van der Waals surface area (Å²) < 4.78 is 49.4. The fraction of sp³-hybridized carbons (Fsp3) is 0.429. The van der Waals surface area contributed by atoms with Crippen LogP contribution in [0.25, 0.3) is 11.5 Å². The summed E-state index contributed by atoms with van der Waals surface area (Å²) in [4.78, 5) is 7.61. The number of furan rings is 1. The van der Waals surface area contributed by atoms with Crippen LogP contribution in [0.1, 0.15) is 18.5 Å². The van der Waals surface area contributed by atoms with Gasteiger partial charge in [-0.05, 0) is 31.0 Å². The maximum atomic E-state index is 13.0. The fourth-order valence-electron chi connectivity index (χ4n) is 2.23. The van der Waals surface area contributed by atoms with Crippen molar-refractivity contribution in [3.63, 3.8) is 0 Å². The van der Waals surface area contributed by atoms with Crippen LogP contribution >= 0.6 is 0 Å². The largest absolute Gasteiger partial charge is 0.463 e. The molecule has 3 rings (SSSR count). The molecule has 8 heteroatoms. The topological polar surface area (TPSA) is 60.2 Å². The van der Waals surface area contributed by atoms with Crippen molar-refractivity contribution >= 4 is 5.95 Å². The molecular formula is C14H14F3N3O2. The minimum Gasteiger partial charge on any atom is -0.463 e. The summed E-state index contributed by atoms with van der Waals surface area (Å²) >= 11 is 0. The number of halogens is 3. The zero-order chi connectivity index (χ0) is 15.6. The Balaban J connectivity index is 1.86. The average Bonchev–Trinajstić information content (AvgIpc) is 3.17. The van der Waals surface area contributed by atoms with E-state index in [-0.39, 0.29) is 23.5 Å². The predicted octanol–water partition coefficient (Wildman–Crippen LogP) is 3.35. The van der Waals surface area contributed by atoms with E-state index in [4.69, 9.17) is 9.15 Å². The van der Waals surface area contributed by atoms with Gasteiger partial charge in [0.15, 0.2) is 11.5 Å². The molecule has 0 radical (unpaired) electrons. The Morgan fingerprint density at radius 2 is 2.18 bits per heavy atom. The zero-order valence-electron chi connectivity index (χ0n) is 11.6.